The third-order valence-electron chi connectivity index (χ3n) is 6.73. The van der Waals surface area contributed by atoms with E-state index in [1.165, 1.54) is 16.8 Å². The molecule has 0 spiro atoms. The van der Waals surface area contributed by atoms with Gasteiger partial charge in [0.05, 0.1) is 17.2 Å². The van der Waals surface area contributed by atoms with Crippen LogP contribution in [0.15, 0.2) is 64.3 Å². The van der Waals surface area contributed by atoms with Gasteiger partial charge in [0.15, 0.2) is 0 Å². The van der Waals surface area contributed by atoms with Crippen molar-refractivity contribution in [3.05, 3.63) is 65.4 Å². The summed E-state index contributed by atoms with van der Waals surface area (Å²) in [5, 5.41) is 13.3. The lowest BCUT2D eigenvalue weighted by Crippen LogP contribution is -2.57. The van der Waals surface area contributed by atoms with Crippen molar-refractivity contribution in [2.24, 2.45) is 15.4 Å². The van der Waals surface area contributed by atoms with Crippen molar-refractivity contribution >= 4 is 17.6 Å². The van der Waals surface area contributed by atoms with Crippen LogP contribution in [-0.4, -0.2) is 35.2 Å². The van der Waals surface area contributed by atoms with Gasteiger partial charge in [-0.25, -0.2) is 0 Å². The summed E-state index contributed by atoms with van der Waals surface area (Å²) in [5.74, 6) is 0.876. The molecule has 146 valence electrons. The quantitative estimate of drug-likeness (QED) is 0.807. The maximum absolute atomic E-state index is 9.57. The van der Waals surface area contributed by atoms with Gasteiger partial charge in [0.1, 0.15) is 12.0 Å². The fraction of sp³-hybridized carbons (Fsp3) is 0.375. The molecule has 2 aliphatic heterocycles. The highest BCUT2D eigenvalue weighted by Crippen LogP contribution is 2.43. The molecule has 2 aliphatic carbocycles. The smallest absolute Gasteiger partial charge is 0.207 e. The molecule has 29 heavy (non-hydrogen) atoms. The van der Waals surface area contributed by atoms with Crippen LogP contribution in [0.25, 0.3) is 6.08 Å². The largest absolute Gasteiger partial charge is 0.332 e. The van der Waals surface area contributed by atoms with Crippen molar-refractivity contribution in [1.82, 2.24) is 10.2 Å². The Morgan fingerprint density at radius 1 is 1.34 bits per heavy atom. The first-order chi connectivity index (χ1) is 14.2. The summed E-state index contributed by atoms with van der Waals surface area (Å²) in [7, 11) is 0. The molecular weight excluding hydrogens is 358 g/mol. The van der Waals surface area contributed by atoms with Crippen LogP contribution in [0, 0.1) is 16.9 Å². The summed E-state index contributed by atoms with van der Waals surface area (Å²) in [6.07, 6.45) is 16.4. The molecule has 0 bridgehead atoms. The van der Waals surface area contributed by atoms with Gasteiger partial charge in [-0.2, -0.15) is 10.3 Å². The molecule has 0 saturated carbocycles. The second-order valence-corrected chi connectivity index (χ2v) is 8.16. The molecule has 3 unspecified atom stereocenters. The number of benzene rings is 1. The summed E-state index contributed by atoms with van der Waals surface area (Å²) in [6, 6.07) is 8.67. The number of nitrogens with zero attached hydrogens (tertiary/aromatic N) is 4. The molecule has 5 nitrogen and oxygen atoms in total. The lowest BCUT2D eigenvalue weighted by Gasteiger charge is -2.46. The van der Waals surface area contributed by atoms with Crippen LogP contribution in [0.1, 0.15) is 37.3 Å². The number of likely N-dealkylation sites (tertiary alicyclic amines) is 1. The Kier molecular flexibility index (Phi) is 4.44. The van der Waals surface area contributed by atoms with E-state index < -0.39 is 0 Å². The van der Waals surface area contributed by atoms with Crippen LogP contribution in [-0.2, 0) is 6.42 Å². The first-order valence-electron chi connectivity index (χ1n) is 10.5. The second kappa shape index (κ2) is 7.13. The Labute approximate surface area is 171 Å². The zero-order valence-electron chi connectivity index (χ0n) is 16.7. The molecule has 0 aromatic heterocycles. The number of hydrogen-bond donors (Lipinski definition) is 1. The van der Waals surface area contributed by atoms with Crippen molar-refractivity contribution in [3.63, 3.8) is 0 Å². The maximum atomic E-state index is 9.57. The Bertz CT molecular complexity index is 1020. The van der Waals surface area contributed by atoms with Gasteiger partial charge in [-0.3, -0.25) is 10.3 Å². The van der Waals surface area contributed by atoms with Crippen molar-refractivity contribution in [2.45, 2.75) is 44.8 Å². The van der Waals surface area contributed by atoms with Gasteiger partial charge >= 0.3 is 0 Å². The summed E-state index contributed by atoms with van der Waals surface area (Å²) in [6.45, 7) is 3.10. The number of fused-ring (bicyclic) bond motifs is 2. The number of amidine groups is 1. The average molecular weight is 383 g/mol. The van der Waals surface area contributed by atoms with E-state index in [1.807, 2.05) is 6.08 Å². The van der Waals surface area contributed by atoms with Gasteiger partial charge in [0.2, 0.25) is 6.19 Å². The third kappa shape index (κ3) is 2.87. The number of nitriles is 1. The Balaban J connectivity index is 1.52. The first-order valence-corrected chi connectivity index (χ1v) is 10.5. The van der Waals surface area contributed by atoms with Crippen LogP contribution in [0.4, 0.5) is 0 Å². The molecule has 0 radical (unpaired) electrons. The zero-order valence-corrected chi connectivity index (χ0v) is 16.7. The van der Waals surface area contributed by atoms with Gasteiger partial charge < -0.3 is 4.90 Å². The standard InChI is InChI=1S/C24H25N5/c1-2-24(22-27-20-10-5-6-11-21(20)28-22)12-7-13-29(23(24)26-16-25)19-14-17-8-3-4-9-18(17)15-19/h3-6,8-11,14,20,22,27H,2,7,12-13,15H2,1H3. The molecule has 1 aromatic rings. The maximum Gasteiger partial charge on any atom is 0.207 e. The monoisotopic (exact) mass is 383 g/mol. The lowest BCUT2D eigenvalue weighted by atomic mass is 9.73. The van der Waals surface area contributed by atoms with Crippen LogP contribution >= 0.6 is 0 Å². The number of hydrogen-bond acceptors (Lipinski definition) is 4. The van der Waals surface area contributed by atoms with Crippen LogP contribution in [0.2, 0.25) is 0 Å². The number of nitrogens with one attached hydrogen (secondary N) is 1. The van der Waals surface area contributed by atoms with E-state index in [4.69, 9.17) is 4.99 Å². The van der Waals surface area contributed by atoms with Gasteiger partial charge in [0.25, 0.3) is 0 Å². The second-order valence-electron chi connectivity index (χ2n) is 8.16. The molecule has 1 aromatic carbocycles. The summed E-state index contributed by atoms with van der Waals surface area (Å²) >= 11 is 0. The van der Waals surface area contributed by atoms with Crippen molar-refractivity contribution in [1.29, 1.82) is 5.26 Å². The highest BCUT2D eigenvalue weighted by molar-refractivity contribution is 6.04. The number of piperidine rings is 1. The minimum atomic E-state index is -0.282. The SMILES string of the molecule is CCC1(C2N=C3C=CC=CC3N2)CCCN(C2=Cc3ccccc3C2)C1=NC#N. The topological polar surface area (TPSA) is 63.8 Å². The number of allylic oxidation sites excluding steroid dienone is 3. The summed E-state index contributed by atoms with van der Waals surface area (Å²) < 4.78 is 0. The predicted molar refractivity (Wildman–Crippen MR) is 116 cm³/mol. The van der Waals surface area contributed by atoms with E-state index in [0.29, 0.717) is 0 Å². The highest BCUT2D eigenvalue weighted by atomic mass is 15.3. The Morgan fingerprint density at radius 3 is 3.03 bits per heavy atom. The molecular formula is C24H25N5. The molecule has 1 N–H and O–H groups in total. The third-order valence-corrected chi connectivity index (χ3v) is 6.73. The summed E-state index contributed by atoms with van der Waals surface area (Å²) in [4.78, 5) is 11.8. The Hall–Kier alpha value is -2.97. The Morgan fingerprint density at radius 2 is 2.24 bits per heavy atom. The molecule has 2 heterocycles. The molecule has 5 heteroatoms. The van der Waals surface area contributed by atoms with E-state index in [-0.39, 0.29) is 17.6 Å². The van der Waals surface area contributed by atoms with E-state index in [1.54, 1.807) is 0 Å². The van der Waals surface area contributed by atoms with Crippen molar-refractivity contribution < 1.29 is 0 Å². The molecule has 1 fully saturated rings. The van der Waals surface area contributed by atoms with E-state index in [0.717, 1.165) is 43.8 Å². The fourth-order valence-corrected chi connectivity index (χ4v) is 5.20. The first kappa shape index (κ1) is 18.1. The normalized spacial score (nSPS) is 31.3. The van der Waals surface area contributed by atoms with E-state index in [2.05, 4.69) is 76.9 Å². The molecule has 3 atom stereocenters. The van der Waals surface area contributed by atoms with Crippen LogP contribution in [0.3, 0.4) is 0 Å². The fourth-order valence-electron chi connectivity index (χ4n) is 5.20. The summed E-state index contributed by atoms with van der Waals surface area (Å²) in [5.41, 5.74) is 4.64. The van der Waals surface area contributed by atoms with Gasteiger partial charge in [-0.05, 0) is 42.5 Å². The van der Waals surface area contributed by atoms with Crippen molar-refractivity contribution in [3.8, 4) is 6.19 Å². The molecule has 1 saturated heterocycles. The molecule has 0 amide bonds. The molecule has 5 rings (SSSR count). The molecule has 4 aliphatic rings. The van der Waals surface area contributed by atoms with Crippen LogP contribution in [0.5, 0.6) is 0 Å². The predicted octanol–water partition coefficient (Wildman–Crippen LogP) is 3.82. The van der Waals surface area contributed by atoms with E-state index in [9.17, 15) is 5.26 Å². The van der Waals surface area contributed by atoms with Gasteiger partial charge in [-0.15, -0.1) is 0 Å². The van der Waals surface area contributed by atoms with E-state index >= 15 is 0 Å². The minimum absolute atomic E-state index is 0.0702. The van der Waals surface area contributed by atoms with Crippen molar-refractivity contribution in [2.75, 3.05) is 6.54 Å². The number of rotatable bonds is 3. The van der Waals surface area contributed by atoms with Crippen LogP contribution < -0.4 is 5.32 Å². The average Bonchev–Trinajstić information content (AvgIpc) is 3.38. The lowest BCUT2D eigenvalue weighted by molar-refractivity contribution is 0.204. The van der Waals surface area contributed by atoms with Gasteiger partial charge in [-0.1, -0.05) is 49.4 Å². The highest BCUT2D eigenvalue weighted by Gasteiger charge is 2.50. The minimum Gasteiger partial charge on any atom is -0.332 e. The number of aliphatic imine (C=N–C) groups is 2. The zero-order chi connectivity index (χ0) is 19.8. The van der Waals surface area contributed by atoms with Gasteiger partial charge in [0, 0.05) is 18.7 Å².